The van der Waals surface area contributed by atoms with Crippen molar-refractivity contribution in [3.63, 3.8) is 0 Å². The maximum absolute atomic E-state index is 8.60. The first kappa shape index (κ1) is 13.1. The maximum atomic E-state index is 8.60. The summed E-state index contributed by atoms with van der Waals surface area (Å²) < 4.78 is 5.31. The van der Waals surface area contributed by atoms with Gasteiger partial charge in [-0.05, 0) is 29.3 Å². The third-order valence-corrected chi connectivity index (χ3v) is 1.96. The van der Waals surface area contributed by atoms with Crippen LogP contribution < -0.4 is 4.74 Å². The summed E-state index contributed by atoms with van der Waals surface area (Å²) in [5, 5.41) is 20.5. The molecule has 88 valence electrons. The third kappa shape index (κ3) is 4.28. The Balaban J connectivity index is 2.64. The Labute approximate surface area is 104 Å². The van der Waals surface area contributed by atoms with Crippen LogP contribution in [0.1, 0.15) is 5.56 Å². The number of benzene rings is 1. The molecule has 0 amide bonds. The van der Waals surface area contributed by atoms with E-state index in [4.69, 9.17) is 20.8 Å². The van der Waals surface area contributed by atoms with Crippen molar-refractivity contribution in [3.05, 3.63) is 45.8 Å². The summed E-state index contributed by atoms with van der Waals surface area (Å²) in [6.07, 6.45) is 1.49. The van der Waals surface area contributed by atoms with Gasteiger partial charge in [-0.25, -0.2) is 0 Å². The van der Waals surface area contributed by atoms with E-state index in [-0.39, 0.29) is 12.1 Å². The van der Waals surface area contributed by atoms with Crippen LogP contribution in [0.2, 0.25) is 0 Å². The second-order valence-corrected chi connectivity index (χ2v) is 3.15. The second-order valence-electron chi connectivity index (χ2n) is 3.15. The van der Waals surface area contributed by atoms with Crippen molar-refractivity contribution in [2.45, 2.75) is 0 Å². The zero-order valence-electron chi connectivity index (χ0n) is 9.45. The first-order valence-electron chi connectivity index (χ1n) is 5.05. The van der Waals surface area contributed by atoms with E-state index in [1.165, 1.54) is 6.08 Å². The van der Waals surface area contributed by atoms with Crippen LogP contribution in [0.4, 0.5) is 0 Å². The van der Waals surface area contributed by atoms with Gasteiger partial charge in [-0.2, -0.15) is 10.5 Å². The minimum Gasteiger partial charge on any atom is -0.493 e. The predicted octanol–water partition coefficient (Wildman–Crippen LogP) is 2.81. The molecule has 0 heterocycles. The van der Waals surface area contributed by atoms with Gasteiger partial charge in [-0.15, -0.1) is 0 Å². The Morgan fingerprint density at radius 1 is 1.33 bits per heavy atom. The molecule has 0 aliphatic carbocycles. The smallest absolute Gasteiger partial charge is 0.130 e. The van der Waals surface area contributed by atoms with Gasteiger partial charge in [-0.1, -0.05) is 17.2 Å². The molecule has 0 spiro atoms. The van der Waals surface area contributed by atoms with Crippen LogP contribution in [-0.4, -0.2) is 13.2 Å². The van der Waals surface area contributed by atoms with Crippen LogP contribution in [0, 0.1) is 22.7 Å². The molecule has 0 saturated heterocycles. The number of hydrogen-bond donors (Lipinski definition) is 0. The van der Waals surface area contributed by atoms with Gasteiger partial charge in [-0.3, -0.25) is 0 Å². The van der Waals surface area contributed by atoms with E-state index >= 15 is 0 Å². The van der Waals surface area contributed by atoms with Crippen molar-refractivity contribution in [1.82, 2.24) is 0 Å². The van der Waals surface area contributed by atoms with Crippen molar-refractivity contribution >= 4 is 6.08 Å². The van der Waals surface area contributed by atoms with E-state index in [1.54, 1.807) is 36.4 Å². The normalized spacial score (nSPS) is 8.33. The quantitative estimate of drug-likeness (QED) is 0.259. The molecule has 0 aromatic heterocycles. The van der Waals surface area contributed by atoms with Gasteiger partial charge in [0.25, 0.3) is 0 Å². The van der Waals surface area contributed by atoms with Gasteiger partial charge in [0.05, 0.1) is 13.2 Å². The summed E-state index contributed by atoms with van der Waals surface area (Å²) in [4.78, 5) is 2.61. The molecule has 0 unspecified atom stereocenters. The average molecular weight is 239 g/mol. The molecule has 0 radical (unpaired) electrons. The fourth-order valence-corrected chi connectivity index (χ4v) is 1.17. The number of hydrogen-bond acceptors (Lipinski definition) is 4. The lowest BCUT2D eigenvalue weighted by Gasteiger charge is -2.03. The highest BCUT2D eigenvalue weighted by atomic mass is 16.5. The van der Waals surface area contributed by atoms with Gasteiger partial charge in [0.15, 0.2) is 0 Å². The number of nitriles is 2. The topological polar surface area (TPSA) is 106 Å². The highest BCUT2D eigenvalue weighted by Gasteiger charge is 1.96. The fraction of sp³-hybridized carbons (Fsp3) is 0.167. The molecule has 0 atom stereocenters. The molecular weight excluding hydrogens is 230 g/mol. The largest absolute Gasteiger partial charge is 0.493 e. The van der Waals surface area contributed by atoms with Crippen molar-refractivity contribution in [1.29, 1.82) is 10.5 Å². The lowest BCUT2D eigenvalue weighted by Crippen LogP contribution is -1.99. The minimum atomic E-state index is 0.0482. The standard InChI is InChI=1S/C12H9N5O/c13-8-11(9-14)7-10-1-3-12(4-2-10)18-6-5-16-17-15/h1-4,7H,5-6H2. The monoisotopic (exact) mass is 239 g/mol. The van der Waals surface area contributed by atoms with E-state index in [0.717, 1.165) is 5.56 Å². The summed E-state index contributed by atoms with van der Waals surface area (Å²) in [5.74, 6) is 0.635. The molecule has 0 saturated carbocycles. The molecule has 0 aliphatic rings. The van der Waals surface area contributed by atoms with Gasteiger partial charge >= 0.3 is 0 Å². The van der Waals surface area contributed by atoms with Gasteiger partial charge in [0.2, 0.25) is 0 Å². The third-order valence-electron chi connectivity index (χ3n) is 1.96. The molecule has 1 aromatic rings. The molecule has 6 heteroatoms. The zero-order chi connectivity index (χ0) is 13.2. The summed E-state index contributed by atoms with van der Waals surface area (Å²) in [6, 6.07) is 10.5. The summed E-state index contributed by atoms with van der Waals surface area (Å²) >= 11 is 0. The van der Waals surface area contributed by atoms with Crippen LogP contribution in [0.3, 0.4) is 0 Å². The SMILES string of the molecule is N#CC(C#N)=Cc1ccc(OCCN=[N+]=[N-])cc1. The number of azide groups is 1. The van der Waals surface area contributed by atoms with Crippen LogP contribution >= 0.6 is 0 Å². The summed E-state index contributed by atoms with van der Waals surface area (Å²) in [7, 11) is 0. The Kier molecular flexibility index (Phi) is 5.35. The van der Waals surface area contributed by atoms with Crippen molar-refractivity contribution in [2.24, 2.45) is 5.11 Å². The highest BCUT2D eigenvalue weighted by Crippen LogP contribution is 2.14. The molecule has 1 aromatic carbocycles. The Morgan fingerprint density at radius 2 is 2.00 bits per heavy atom. The lowest BCUT2D eigenvalue weighted by atomic mass is 10.1. The highest BCUT2D eigenvalue weighted by molar-refractivity contribution is 5.62. The molecule has 0 N–H and O–H groups in total. The molecule has 1 rings (SSSR count). The Bertz CT molecular complexity index is 540. The van der Waals surface area contributed by atoms with Gasteiger partial charge in [0, 0.05) is 4.91 Å². The van der Waals surface area contributed by atoms with Gasteiger partial charge < -0.3 is 4.74 Å². The molecule has 0 aliphatic heterocycles. The van der Waals surface area contributed by atoms with Gasteiger partial charge in [0.1, 0.15) is 23.5 Å². The first-order valence-corrected chi connectivity index (χ1v) is 5.05. The molecule has 18 heavy (non-hydrogen) atoms. The van der Waals surface area contributed by atoms with Crippen LogP contribution in [0.5, 0.6) is 5.75 Å². The zero-order valence-corrected chi connectivity index (χ0v) is 9.45. The van der Waals surface area contributed by atoms with E-state index in [9.17, 15) is 0 Å². The number of nitrogens with zero attached hydrogens (tertiary/aromatic N) is 5. The number of allylic oxidation sites excluding steroid dienone is 1. The number of rotatable bonds is 5. The lowest BCUT2D eigenvalue weighted by molar-refractivity contribution is 0.328. The average Bonchev–Trinajstić information content (AvgIpc) is 2.42. The van der Waals surface area contributed by atoms with E-state index in [1.807, 2.05) is 0 Å². The molecular formula is C12H9N5O. The Hall–Kier alpha value is -2.95. The van der Waals surface area contributed by atoms with E-state index < -0.39 is 0 Å². The molecule has 6 nitrogen and oxygen atoms in total. The summed E-state index contributed by atoms with van der Waals surface area (Å²) in [6.45, 7) is 0.575. The second kappa shape index (κ2) is 7.34. The minimum absolute atomic E-state index is 0.0482. The predicted molar refractivity (Wildman–Crippen MR) is 65.2 cm³/mol. The van der Waals surface area contributed by atoms with Crippen molar-refractivity contribution in [2.75, 3.05) is 13.2 Å². The number of ether oxygens (including phenoxy) is 1. The molecule has 0 fully saturated rings. The maximum Gasteiger partial charge on any atom is 0.130 e. The van der Waals surface area contributed by atoms with Crippen molar-refractivity contribution < 1.29 is 4.74 Å². The van der Waals surface area contributed by atoms with Crippen LogP contribution in [-0.2, 0) is 0 Å². The first-order chi connectivity index (χ1) is 8.80. The van der Waals surface area contributed by atoms with Crippen LogP contribution in [0.15, 0.2) is 35.0 Å². The molecule has 0 bridgehead atoms. The Morgan fingerprint density at radius 3 is 2.56 bits per heavy atom. The van der Waals surface area contributed by atoms with Crippen LogP contribution in [0.25, 0.3) is 16.5 Å². The fourth-order valence-electron chi connectivity index (χ4n) is 1.17. The van der Waals surface area contributed by atoms with Crippen molar-refractivity contribution in [3.8, 4) is 17.9 Å². The van der Waals surface area contributed by atoms with E-state index in [0.29, 0.717) is 12.4 Å². The summed E-state index contributed by atoms with van der Waals surface area (Å²) in [5.41, 5.74) is 8.87. The van der Waals surface area contributed by atoms with E-state index in [2.05, 4.69) is 10.0 Å².